The van der Waals surface area contributed by atoms with E-state index in [-0.39, 0.29) is 24.2 Å². The van der Waals surface area contributed by atoms with Gasteiger partial charge in [-0.2, -0.15) is 0 Å². The van der Waals surface area contributed by atoms with Crippen LogP contribution >= 0.6 is 0 Å². The molecule has 4 heteroatoms. The Labute approximate surface area is 95.7 Å². The summed E-state index contributed by atoms with van der Waals surface area (Å²) in [5, 5.41) is 3.01. The Morgan fingerprint density at radius 1 is 1.44 bits per heavy atom. The maximum atomic E-state index is 11.8. The first-order valence-corrected chi connectivity index (χ1v) is 6.18. The Morgan fingerprint density at radius 3 is 2.94 bits per heavy atom. The normalized spacial score (nSPS) is 33.1. The van der Waals surface area contributed by atoms with Gasteiger partial charge in [-0.25, -0.2) is 0 Å². The number of ether oxygens (including phenoxy) is 1. The predicted molar refractivity (Wildman–Crippen MR) is 58.6 cm³/mol. The SMILES string of the molecule is CCOC(=O)CC1C(=O)NC2CCCCC21. The van der Waals surface area contributed by atoms with Crippen molar-refractivity contribution in [2.75, 3.05) is 6.61 Å². The Kier molecular flexibility index (Phi) is 3.46. The molecule has 2 aliphatic rings. The topological polar surface area (TPSA) is 55.4 Å². The maximum absolute atomic E-state index is 11.8. The van der Waals surface area contributed by atoms with Gasteiger partial charge in [-0.15, -0.1) is 0 Å². The minimum absolute atomic E-state index is 0.0463. The van der Waals surface area contributed by atoms with E-state index < -0.39 is 0 Å². The molecule has 3 unspecified atom stereocenters. The number of esters is 1. The molecule has 90 valence electrons. The third kappa shape index (κ3) is 2.20. The summed E-state index contributed by atoms with van der Waals surface area (Å²) in [6, 6.07) is 0.306. The minimum Gasteiger partial charge on any atom is -0.466 e. The number of hydrogen-bond acceptors (Lipinski definition) is 3. The van der Waals surface area contributed by atoms with Crippen LogP contribution in [0.1, 0.15) is 39.0 Å². The zero-order valence-corrected chi connectivity index (χ0v) is 9.70. The molecule has 0 aromatic rings. The molecule has 1 aliphatic carbocycles. The van der Waals surface area contributed by atoms with Gasteiger partial charge in [0.1, 0.15) is 0 Å². The molecule has 1 saturated carbocycles. The molecule has 1 heterocycles. The monoisotopic (exact) mass is 225 g/mol. The number of carbonyl (C=O) groups is 2. The second-order valence-electron chi connectivity index (χ2n) is 4.68. The van der Waals surface area contributed by atoms with Crippen molar-refractivity contribution in [2.24, 2.45) is 11.8 Å². The zero-order valence-electron chi connectivity index (χ0n) is 9.70. The van der Waals surface area contributed by atoms with Crippen molar-refractivity contribution in [1.82, 2.24) is 5.32 Å². The number of fused-ring (bicyclic) bond motifs is 1. The Balaban J connectivity index is 1.97. The van der Waals surface area contributed by atoms with Crippen molar-refractivity contribution in [2.45, 2.75) is 45.1 Å². The van der Waals surface area contributed by atoms with Crippen LogP contribution in [0, 0.1) is 11.8 Å². The van der Waals surface area contributed by atoms with E-state index in [9.17, 15) is 9.59 Å². The van der Waals surface area contributed by atoms with Crippen LogP contribution in [0.5, 0.6) is 0 Å². The van der Waals surface area contributed by atoms with Gasteiger partial charge in [0.05, 0.1) is 18.9 Å². The molecule has 4 nitrogen and oxygen atoms in total. The molecule has 1 saturated heterocycles. The fraction of sp³-hybridized carbons (Fsp3) is 0.833. The number of amides is 1. The van der Waals surface area contributed by atoms with Crippen molar-refractivity contribution in [3.63, 3.8) is 0 Å². The maximum Gasteiger partial charge on any atom is 0.306 e. The summed E-state index contributed by atoms with van der Waals surface area (Å²) in [5.41, 5.74) is 0. The Bertz CT molecular complexity index is 290. The highest BCUT2D eigenvalue weighted by molar-refractivity contribution is 5.86. The standard InChI is InChI=1S/C12H19NO3/c1-2-16-11(14)7-9-8-5-3-4-6-10(8)13-12(9)15/h8-10H,2-7H2,1H3,(H,13,15). The predicted octanol–water partition coefficient (Wildman–Crippen LogP) is 1.24. The van der Waals surface area contributed by atoms with Crippen LogP contribution in [0.2, 0.25) is 0 Å². The van der Waals surface area contributed by atoms with Gasteiger partial charge in [0.25, 0.3) is 0 Å². The molecule has 2 fully saturated rings. The van der Waals surface area contributed by atoms with Gasteiger partial charge in [0, 0.05) is 6.04 Å². The first kappa shape index (κ1) is 11.4. The number of hydrogen-bond donors (Lipinski definition) is 1. The average molecular weight is 225 g/mol. The van der Waals surface area contributed by atoms with Crippen LogP contribution in [-0.4, -0.2) is 24.5 Å². The number of nitrogens with one attached hydrogen (secondary N) is 1. The highest BCUT2D eigenvalue weighted by Crippen LogP contribution is 2.36. The third-order valence-corrected chi connectivity index (χ3v) is 3.69. The molecule has 0 spiro atoms. The first-order valence-electron chi connectivity index (χ1n) is 6.18. The van der Waals surface area contributed by atoms with Crippen molar-refractivity contribution in [1.29, 1.82) is 0 Å². The lowest BCUT2D eigenvalue weighted by atomic mass is 9.78. The van der Waals surface area contributed by atoms with Crippen LogP contribution in [-0.2, 0) is 14.3 Å². The van der Waals surface area contributed by atoms with E-state index in [0.717, 1.165) is 12.8 Å². The van der Waals surface area contributed by atoms with Gasteiger partial charge in [-0.3, -0.25) is 9.59 Å². The molecule has 3 atom stereocenters. The lowest BCUT2D eigenvalue weighted by Crippen LogP contribution is -2.31. The van der Waals surface area contributed by atoms with Crippen LogP contribution < -0.4 is 5.32 Å². The lowest BCUT2D eigenvalue weighted by Gasteiger charge is -2.26. The minimum atomic E-state index is -0.242. The van der Waals surface area contributed by atoms with Crippen molar-refractivity contribution < 1.29 is 14.3 Å². The molecule has 0 aromatic carbocycles. The second kappa shape index (κ2) is 4.85. The third-order valence-electron chi connectivity index (χ3n) is 3.69. The Hall–Kier alpha value is -1.06. The fourth-order valence-corrected chi connectivity index (χ4v) is 2.95. The van der Waals surface area contributed by atoms with E-state index in [4.69, 9.17) is 4.74 Å². The zero-order chi connectivity index (χ0) is 11.5. The highest BCUT2D eigenvalue weighted by atomic mass is 16.5. The Morgan fingerprint density at radius 2 is 2.19 bits per heavy atom. The van der Waals surface area contributed by atoms with Crippen LogP contribution in [0.25, 0.3) is 0 Å². The van der Waals surface area contributed by atoms with Gasteiger partial charge in [-0.1, -0.05) is 12.8 Å². The highest BCUT2D eigenvalue weighted by Gasteiger charge is 2.43. The molecule has 0 bridgehead atoms. The first-order chi connectivity index (χ1) is 7.72. The second-order valence-corrected chi connectivity index (χ2v) is 4.68. The van der Waals surface area contributed by atoms with Crippen LogP contribution in [0.4, 0.5) is 0 Å². The largest absolute Gasteiger partial charge is 0.466 e. The van der Waals surface area contributed by atoms with Gasteiger partial charge in [0.15, 0.2) is 0 Å². The molecule has 1 N–H and O–H groups in total. The molecule has 2 rings (SSSR count). The number of rotatable bonds is 3. The summed E-state index contributed by atoms with van der Waals surface area (Å²) in [6.45, 7) is 2.18. The van der Waals surface area contributed by atoms with E-state index in [1.807, 2.05) is 0 Å². The van der Waals surface area contributed by atoms with Gasteiger partial charge in [-0.05, 0) is 25.7 Å². The van der Waals surface area contributed by atoms with Crippen molar-refractivity contribution >= 4 is 11.9 Å². The molecular formula is C12H19NO3. The molecule has 1 amide bonds. The van der Waals surface area contributed by atoms with Gasteiger partial charge in [0.2, 0.25) is 5.91 Å². The lowest BCUT2D eigenvalue weighted by molar-refractivity contribution is -0.146. The summed E-state index contributed by atoms with van der Waals surface area (Å²) >= 11 is 0. The average Bonchev–Trinajstić information content (AvgIpc) is 2.56. The van der Waals surface area contributed by atoms with E-state index >= 15 is 0 Å². The molecule has 1 aliphatic heterocycles. The quantitative estimate of drug-likeness (QED) is 0.735. The van der Waals surface area contributed by atoms with Gasteiger partial charge < -0.3 is 10.1 Å². The van der Waals surface area contributed by atoms with E-state index in [0.29, 0.717) is 18.6 Å². The summed E-state index contributed by atoms with van der Waals surface area (Å²) in [5.74, 6) is 0.00818. The summed E-state index contributed by atoms with van der Waals surface area (Å²) in [4.78, 5) is 23.2. The summed E-state index contributed by atoms with van der Waals surface area (Å²) < 4.78 is 4.91. The van der Waals surface area contributed by atoms with E-state index in [2.05, 4.69) is 5.32 Å². The van der Waals surface area contributed by atoms with Crippen molar-refractivity contribution in [3.05, 3.63) is 0 Å². The van der Waals surface area contributed by atoms with Crippen molar-refractivity contribution in [3.8, 4) is 0 Å². The summed E-state index contributed by atoms with van der Waals surface area (Å²) in [6.07, 6.45) is 4.74. The van der Waals surface area contributed by atoms with Crippen LogP contribution in [0.3, 0.4) is 0 Å². The molecule has 0 radical (unpaired) electrons. The molecule has 0 aromatic heterocycles. The van der Waals surface area contributed by atoms with E-state index in [1.54, 1.807) is 6.92 Å². The molecular weight excluding hydrogens is 206 g/mol. The number of carbonyl (C=O) groups excluding carboxylic acids is 2. The van der Waals surface area contributed by atoms with E-state index in [1.165, 1.54) is 12.8 Å². The summed E-state index contributed by atoms with van der Waals surface area (Å²) in [7, 11) is 0. The molecule has 16 heavy (non-hydrogen) atoms. The smallest absolute Gasteiger partial charge is 0.306 e. The van der Waals surface area contributed by atoms with Crippen LogP contribution in [0.15, 0.2) is 0 Å². The van der Waals surface area contributed by atoms with Gasteiger partial charge >= 0.3 is 5.97 Å². The fourth-order valence-electron chi connectivity index (χ4n) is 2.95.